The first kappa shape index (κ1) is 8.06. The van der Waals surface area contributed by atoms with E-state index in [-0.39, 0.29) is 0 Å². The van der Waals surface area contributed by atoms with E-state index in [0.29, 0.717) is 0 Å². The van der Waals surface area contributed by atoms with Crippen LogP contribution in [0.1, 0.15) is 46.0 Å². The van der Waals surface area contributed by atoms with E-state index in [4.69, 9.17) is 0 Å². The summed E-state index contributed by atoms with van der Waals surface area (Å²) in [6, 6.07) is 1.57. The van der Waals surface area contributed by atoms with Crippen molar-refractivity contribution in [1.82, 2.24) is 5.32 Å². The van der Waals surface area contributed by atoms with Crippen LogP contribution >= 0.6 is 0 Å². The molecule has 1 fully saturated rings. The summed E-state index contributed by atoms with van der Waals surface area (Å²) in [6.07, 6.45) is 6.95. The molecule has 60 valence electrons. The molecule has 10 heavy (non-hydrogen) atoms. The second-order valence-electron chi connectivity index (χ2n) is 3.46. The van der Waals surface area contributed by atoms with Crippen molar-refractivity contribution in [1.29, 1.82) is 0 Å². The lowest BCUT2D eigenvalue weighted by atomic mass is 10.2. The lowest BCUT2D eigenvalue weighted by Crippen LogP contribution is -2.33. The fourth-order valence-electron chi connectivity index (χ4n) is 1.61. The molecule has 0 amide bonds. The van der Waals surface area contributed by atoms with Gasteiger partial charge in [0.15, 0.2) is 0 Å². The molecule has 0 aromatic rings. The summed E-state index contributed by atoms with van der Waals surface area (Å²) in [5.41, 5.74) is 0. The molecular formula is C9H19N. The zero-order chi connectivity index (χ0) is 7.40. The second kappa shape index (κ2) is 3.97. The van der Waals surface area contributed by atoms with Crippen LogP contribution in [0.2, 0.25) is 0 Å². The summed E-state index contributed by atoms with van der Waals surface area (Å²) >= 11 is 0. The van der Waals surface area contributed by atoms with Gasteiger partial charge in [-0.25, -0.2) is 0 Å². The molecule has 0 aliphatic heterocycles. The predicted molar refractivity (Wildman–Crippen MR) is 45.1 cm³/mol. The molecule has 1 nitrogen and oxygen atoms in total. The van der Waals surface area contributed by atoms with E-state index < -0.39 is 0 Å². The normalized spacial score (nSPS) is 23.4. The Hall–Kier alpha value is -0.0400. The molecule has 1 N–H and O–H groups in total. The van der Waals surface area contributed by atoms with Crippen LogP contribution in [0.4, 0.5) is 0 Å². The van der Waals surface area contributed by atoms with Crippen molar-refractivity contribution in [2.75, 3.05) is 0 Å². The number of nitrogens with one attached hydrogen (secondary N) is 1. The van der Waals surface area contributed by atoms with E-state index in [2.05, 4.69) is 19.2 Å². The highest BCUT2D eigenvalue weighted by molar-refractivity contribution is 4.75. The van der Waals surface area contributed by atoms with Crippen molar-refractivity contribution in [2.45, 2.75) is 58.0 Å². The van der Waals surface area contributed by atoms with Crippen molar-refractivity contribution < 1.29 is 0 Å². The maximum atomic E-state index is 3.63. The number of hydrogen-bond donors (Lipinski definition) is 1. The van der Waals surface area contributed by atoms with Crippen LogP contribution in [0.15, 0.2) is 0 Å². The molecule has 0 spiro atoms. The highest BCUT2D eigenvalue weighted by atomic mass is 14.9. The van der Waals surface area contributed by atoms with Crippen LogP contribution in [0.5, 0.6) is 0 Å². The van der Waals surface area contributed by atoms with Gasteiger partial charge < -0.3 is 5.32 Å². The maximum absolute atomic E-state index is 3.63. The molecule has 0 radical (unpaired) electrons. The van der Waals surface area contributed by atoms with Gasteiger partial charge in [-0.2, -0.15) is 0 Å². The van der Waals surface area contributed by atoms with Gasteiger partial charge in [-0.3, -0.25) is 0 Å². The fraction of sp³-hybridized carbons (Fsp3) is 1.00. The third kappa shape index (κ3) is 2.30. The van der Waals surface area contributed by atoms with E-state index in [1.807, 2.05) is 0 Å². The Balaban J connectivity index is 2.11. The average Bonchev–Trinajstić information content (AvgIpc) is 2.40. The number of rotatable bonds is 3. The second-order valence-corrected chi connectivity index (χ2v) is 3.46. The summed E-state index contributed by atoms with van der Waals surface area (Å²) in [7, 11) is 0. The SMILES string of the molecule is CC[C@@H](C)NC1CCCC1. The van der Waals surface area contributed by atoms with Gasteiger partial charge >= 0.3 is 0 Å². The predicted octanol–water partition coefficient (Wildman–Crippen LogP) is 2.32. The maximum Gasteiger partial charge on any atom is 0.00695 e. The molecule has 1 saturated carbocycles. The van der Waals surface area contributed by atoms with Crippen LogP contribution in [-0.2, 0) is 0 Å². The topological polar surface area (TPSA) is 12.0 Å². The molecule has 0 heterocycles. The van der Waals surface area contributed by atoms with E-state index in [9.17, 15) is 0 Å². The lowest BCUT2D eigenvalue weighted by Gasteiger charge is -2.16. The Morgan fingerprint density at radius 3 is 2.50 bits per heavy atom. The minimum absolute atomic E-state index is 0.725. The Morgan fingerprint density at radius 1 is 1.40 bits per heavy atom. The summed E-state index contributed by atoms with van der Waals surface area (Å²) in [4.78, 5) is 0. The largest absolute Gasteiger partial charge is 0.312 e. The smallest absolute Gasteiger partial charge is 0.00695 e. The average molecular weight is 141 g/mol. The third-order valence-electron chi connectivity index (χ3n) is 2.49. The summed E-state index contributed by atoms with van der Waals surface area (Å²) < 4.78 is 0. The number of hydrogen-bond acceptors (Lipinski definition) is 1. The molecule has 0 aromatic carbocycles. The van der Waals surface area contributed by atoms with Crippen LogP contribution in [0, 0.1) is 0 Å². The van der Waals surface area contributed by atoms with Crippen molar-refractivity contribution in [3.8, 4) is 0 Å². The van der Waals surface area contributed by atoms with Crippen molar-refractivity contribution in [3.63, 3.8) is 0 Å². The van der Waals surface area contributed by atoms with Gasteiger partial charge in [0, 0.05) is 12.1 Å². The first-order valence-electron chi connectivity index (χ1n) is 4.59. The first-order chi connectivity index (χ1) is 4.83. The first-order valence-corrected chi connectivity index (χ1v) is 4.59. The zero-order valence-electron chi connectivity index (χ0n) is 7.19. The van der Waals surface area contributed by atoms with Crippen LogP contribution < -0.4 is 5.32 Å². The van der Waals surface area contributed by atoms with Gasteiger partial charge in [0.1, 0.15) is 0 Å². The molecule has 1 atom stereocenters. The summed E-state index contributed by atoms with van der Waals surface area (Å²) in [5.74, 6) is 0. The van der Waals surface area contributed by atoms with E-state index in [0.717, 1.165) is 12.1 Å². The Labute approximate surface area is 64.2 Å². The zero-order valence-corrected chi connectivity index (χ0v) is 7.19. The fourth-order valence-corrected chi connectivity index (χ4v) is 1.61. The molecule has 1 heteroatoms. The van der Waals surface area contributed by atoms with Gasteiger partial charge in [-0.05, 0) is 26.2 Å². The van der Waals surface area contributed by atoms with E-state index in [1.165, 1.54) is 32.1 Å². The highest BCUT2D eigenvalue weighted by Crippen LogP contribution is 2.18. The van der Waals surface area contributed by atoms with E-state index in [1.54, 1.807) is 0 Å². The van der Waals surface area contributed by atoms with Crippen LogP contribution in [0.25, 0.3) is 0 Å². The van der Waals surface area contributed by atoms with Gasteiger partial charge in [0.05, 0.1) is 0 Å². The van der Waals surface area contributed by atoms with Crippen molar-refractivity contribution in [2.24, 2.45) is 0 Å². The quantitative estimate of drug-likeness (QED) is 0.636. The Kier molecular flexibility index (Phi) is 3.20. The Morgan fingerprint density at radius 2 is 2.00 bits per heavy atom. The van der Waals surface area contributed by atoms with Crippen molar-refractivity contribution >= 4 is 0 Å². The van der Waals surface area contributed by atoms with E-state index >= 15 is 0 Å². The van der Waals surface area contributed by atoms with Gasteiger partial charge in [0.25, 0.3) is 0 Å². The van der Waals surface area contributed by atoms with Crippen LogP contribution in [0.3, 0.4) is 0 Å². The summed E-state index contributed by atoms with van der Waals surface area (Å²) in [6.45, 7) is 4.52. The molecule has 0 bridgehead atoms. The monoisotopic (exact) mass is 141 g/mol. The lowest BCUT2D eigenvalue weighted by molar-refractivity contribution is 0.442. The van der Waals surface area contributed by atoms with Gasteiger partial charge in [-0.1, -0.05) is 19.8 Å². The van der Waals surface area contributed by atoms with Crippen molar-refractivity contribution in [3.05, 3.63) is 0 Å². The summed E-state index contributed by atoms with van der Waals surface area (Å²) in [5, 5.41) is 3.63. The molecule has 0 saturated heterocycles. The standard InChI is InChI=1S/C9H19N/c1-3-8(2)10-9-6-4-5-7-9/h8-10H,3-7H2,1-2H3/t8-/m1/s1. The molecule has 1 rings (SSSR count). The minimum Gasteiger partial charge on any atom is -0.312 e. The van der Waals surface area contributed by atoms with Gasteiger partial charge in [-0.15, -0.1) is 0 Å². The molecular weight excluding hydrogens is 122 g/mol. The molecule has 0 unspecified atom stereocenters. The van der Waals surface area contributed by atoms with Gasteiger partial charge in [0.2, 0.25) is 0 Å². The van der Waals surface area contributed by atoms with Crippen LogP contribution in [-0.4, -0.2) is 12.1 Å². The molecule has 0 aromatic heterocycles. The molecule has 1 aliphatic rings. The minimum atomic E-state index is 0.725. The third-order valence-corrected chi connectivity index (χ3v) is 2.49. The Bertz CT molecular complexity index is 84.7. The molecule has 1 aliphatic carbocycles. The highest BCUT2D eigenvalue weighted by Gasteiger charge is 2.15.